The number of piperidine rings is 1. The van der Waals surface area contributed by atoms with E-state index in [-0.39, 0.29) is 24.4 Å². The molecule has 108 valence electrons. The predicted octanol–water partition coefficient (Wildman–Crippen LogP) is 0.100. The lowest BCUT2D eigenvalue weighted by atomic mass is 9.96. The summed E-state index contributed by atoms with van der Waals surface area (Å²) in [5.74, 6) is -1.53. The third-order valence-corrected chi connectivity index (χ3v) is 3.26. The first-order chi connectivity index (χ1) is 8.95. The summed E-state index contributed by atoms with van der Waals surface area (Å²) < 4.78 is 0. The minimum Gasteiger partial charge on any atom is -0.480 e. The van der Waals surface area contributed by atoms with E-state index in [0.717, 1.165) is 0 Å². The minimum absolute atomic E-state index is 0.178. The molecule has 19 heavy (non-hydrogen) atoms. The fourth-order valence-electron chi connectivity index (χ4n) is 2.23. The summed E-state index contributed by atoms with van der Waals surface area (Å²) >= 11 is 0. The average Bonchev–Trinajstić information content (AvgIpc) is 2.37. The van der Waals surface area contributed by atoms with Gasteiger partial charge in [0.05, 0.1) is 0 Å². The van der Waals surface area contributed by atoms with Crippen LogP contribution in [-0.4, -0.2) is 59.0 Å². The van der Waals surface area contributed by atoms with Crippen molar-refractivity contribution in [1.82, 2.24) is 9.80 Å². The lowest BCUT2D eigenvalue weighted by molar-refractivity contribution is -0.137. The molecule has 3 amide bonds. The Kier molecular flexibility index (Phi) is 5.59. The Hall–Kier alpha value is -1.79. The Morgan fingerprint density at radius 3 is 2.32 bits per heavy atom. The highest BCUT2D eigenvalue weighted by molar-refractivity contribution is 5.81. The molecule has 1 aliphatic rings. The number of carbonyl (C=O) groups excluding carboxylic acids is 2. The number of carboxylic acids is 1. The number of amides is 3. The van der Waals surface area contributed by atoms with Gasteiger partial charge in [-0.15, -0.1) is 0 Å². The van der Waals surface area contributed by atoms with Crippen molar-refractivity contribution in [2.45, 2.75) is 26.2 Å². The van der Waals surface area contributed by atoms with E-state index in [4.69, 9.17) is 10.8 Å². The van der Waals surface area contributed by atoms with Crippen molar-refractivity contribution < 1.29 is 19.5 Å². The van der Waals surface area contributed by atoms with Crippen molar-refractivity contribution in [3.63, 3.8) is 0 Å². The van der Waals surface area contributed by atoms with Crippen molar-refractivity contribution in [3.05, 3.63) is 0 Å². The lowest BCUT2D eigenvalue weighted by Gasteiger charge is -2.34. The van der Waals surface area contributed by atoms with E-state index in [9.17, 15) is 14.4 Å². The first kappa shape index (κ1) is 15.3. The van der Waals surface area contributed by atoms with Gasteiger partial charge in [-0.2, -0.15) is 0 Å². The number of likely N-dealkylation sites (tertiary alicyclic amines) is 1. The molecule has 1 saturated heterocycles. The molecule has 0 bridgehead atoms. The van der Waals surface area contributed by atoms with E-state index in [0.29, 0.717) is 38.9 Å². The molecule has 7 nitrogen and oxygen atoms in total. The number of nitrogens with zero attached hydrogens (tertiary/aromatic N) is 2. The highest BCUT2D eigenvalue weighted by atomic mass is 16.4. The summed E-state index contributed by atoms with van der Waals surface area (Å²) in [7, 11) is 0. The second kappa shape index (κ2) is 6.96. The average molecular weight is 271 g/mol. The summed E-state index contributed by atoms with van der Waals surface area (Å²) in [5, 5.41) is 8.80. The van der Waals surface area contributed by atoms with Crippen molar-refractivity contribution >= 4 is 17.9 Å². The summed E-state index contributed by atoms with van der Waals surface area (Å²) in [6.07, 6.45) is 1.80. The smallest absolute Gasteiger partial charge is 0.323 e. The van der Waals surface area contributed by atoms with Gasteiger partial charge < -0.3 is 20.6 Å². The van der Waals surface area contributed by atoms with Crippen LogP contribution < -0.4 is 5.73 Å². The Morgan fingerprint density at radius 2 is 1.89 bits per heavy atom. The maximum Gasteiger partial charge on any atom is 0.323 e. The van der Waals surface area contributed by atoms with Crippen molar-refractivity contribution in [1.29, 1.82) is 0 Å². The Balaban J connectivity index is 2.56. The largest absolute Gasteiger partial charge is 0.480 e. The van der Waals surface area contributed by atoms with Crippen LogP contribution in [0.1, 0.15) is 26.2 Å². The second-order valence-electron chi connectivity index (χ2n) is 4.76. The van der Waals surface area contributed by atoms with Crippen LogP contribution >= 0.6 is 0 Å². The van der Waals surface area contributed by atoms with Crippen LogP contribution in [0.2, 0.25) is 0 Å². The molecule has 0 aromatic heterocycles. The van der Waals surface area contributed by atoms with Crippen molar-refractivity contribution in [2.75, 3.05) is 26.2 Å². The number of urea groups is 1. The molecule has 1 heterocycles. The lowest BCUT2D eigenvalue weighted by Crippen LogP contribution is -2.49. The zero-order valence-electron chi connectivity index (χ0n) is 11.2. The number of nitrogens with two attached hydrogens (primary N) is 1. The molecule has 0 spiro atoms. The fraction of sp³-hybridized carbons (Fsp3) is 0.750. The highest BCUT2D eigenvalue weighted by Crippen LogP contribution is 2.17. The zero-order valence-corrected chi connectivity index (χ0v) is 11.2. The first-order valence-corrected chi connectivity index (χ1v) is 6.50. The van der Waals surface area contributed by atoms with Crippen LogP contribution in [0.15, 0.2) is 0 Å². The van der Waals surface area contributed by atoms with Crippen molar-refractivity contribution in [2.24, 2.45) is 11.7 Å². The number of aliphatic carboxylic acids is 1. The summed E-state index contributed by atoms with van der Waals surface area (Å²) in [6.45, 7) is 2.92. The molecule has 0 unspecified atom stereocenters. The molecule has 0 aliphatic carbocycles. The number of carboxylic acid groups (broad SMARTS) is 1. The third kappa shape index (κ3) is 4.42. The fourth-order valence-corrected chi connectivity index (χ4v) is 2.23. The third-order valence-electron chi connectivity index (χ3n) is 3.26. The number of primary amides is 1. The standard InChI is InChI=1S/C12H21N3O4/c1-2-5-15(8-10(16)17)12(19)14-6-3-9(4-7-14)11(13)18/h9H,2-8H2,1H3,(H2,13,18)(H,16,17). The molecule has 1 fully saturated rings. The molecular formula is C12H21N3O4. The summed E-state index contributed by atoms with van der Waals surface area (Å²) in [4.78, 5) is 36.9. The number of hydrogen-bond acceptors (Lipinski definition) is 3. The Labute approximate surface area is 112 Å². The molecule has 0 radical (unpaired) electrons. The molecule has 1 rings (SSSR count). The molecule has 0 saturated carbocycles. The topological polar surface area (TPSA) is 104 Å². The van der Waals surface area contributed by atoms with Crippen LogP contribution in [0.5, 0.6) is 0 Å². The van der Waals surface area contributed by atoms with Crippen LogP contribution in [0.4, 0.5) is 4.79 Å². The molecule has 3 N–H and O–H groups in total. The summed E-state index contributed by atoms with van der Waals surface area (Å²) in [5.41, 5.74) is 5.23. The van der Waals surface area contributed by atoms with Crippen LogP contribution in [0, 0.1) is 5.92 Å². The van der Waals surface area contributed by atoms with Gasteiger partial charge in [0.2, 0.25) is 5.91 Å². The van der Waals surface area contributed by atoms with E-state index in [1.54, 1.807) is 4.90 Å². The highest BCUT2D eigenvalue weighted by Gasteiger charge is 2.28. The Morgan fingerprint density at radius 1 is 1.32 bits per heavy atom. The molecular weight excluding hydrogens is 250 g/mol. The minimum atomic E-state index is -1.02. The van der Waals surface area contributed by atoms with Crippen LogP contribution in [0.25, 0.3) is 0 Å². The van der Waals surface area contributed by atoms with E-state index >= 15 is 0 Å². The molecule has 0 aromatic carbocycles. The number of carbonyl (C=O) groups is 3. The van der Waals surface area contributed by atoms with E-state index < -0.39 is 5.97 Å². The predicted molar refractivity (Wildman–Crippen MR) is 68.4 cm³/mol. The zero-order chi connectivity index (χ0) is 14.4. The van der Waals surface area contributed by atoms with Gasteiger partial charge >= 0.3 is 12.0 Å². The normalized spacial score (nSPS) is 16.2. The van der Waals surface area contributed by atoms with Gasteiger partial charge in [0, 0.05) is 25.6 Å². The van der Waals surface area contributed by atoms with Gasteiger partial charge in [0.1, 0.15) is 6.54 Å². The van der Waals surface area contributed by atoms with Gasteiger partial charge in [0.25, 0.3) is 0 Å². The van der Waals surface area contributed by atoms with Gasteiger partial charge in [0.15, 0.2) is 0 Å². The summed E-state index contributed by atoms with van der Waals surface area (Å²) in [6, 6.07) is -0.271. The van der Waals surface area contributed by atoms with Gasteiger partial charge in [-0.3, -0.25) is 9.59 Å². The van der Waals surface area contributed by atoms with Gasteiger partial charge in [-0.1, -0.05) is 6.92 Å². The van der Waals surface area contributed by atoms with Crippen LogP contribution in [-0.2, 0) is 9.59 Å². The van der Waals surface area contributed by atoms with Gasteiger partial charge in [-0.05, 0) is 19.3 Å². The quantitative estimate of drug-likeness (QED) is 0.740. The van der Waals surface area contributed by atoms with Gasteiger partial charge in [-0.25, -0.2) is 4.79 Å². The van der Waals surface area contributed by atoms with Crippen molar-refractivity contribution in [3.8, 4) is 0 Å². The molecule has 1 aliphatic heterocycles. The van der Waals surface area contributed by atoms with E-state index in [2.05, 4.69) is 0 Å². The van der Waals surface area contributed by atoms with E-state index in [1.165, 1.54) is 4.90 Å². The Bertz CT molecular complexity index is 351. The second-order valence-corrected chi connectivity index (χ2v) is 4.76. The molecule has 0 aromatic rings. The van der Waals surface area contributed by atoms with E-state index in [1.807, 2.05) is 6.92 Å². The number of hydrogen-bond donors (Lipinski definition) is 2. The maximum absolute atomic E-state index is 12.2. The molecule has 0 atom stereocenters. The number of rotatable bonds is 5. The molecule has 7 heteroatoms. The monoisotopic (exact) mass is 271 g/mol. The maximum atomic E-state index is 12.2. The SMILES string of the molecule is CCCN(CC(=O)O)C(=O)N1CCC(C(N)=O)CC1. The first-order valence-electron chi connectivity index (χ1n) is 6.50. The van der Waals surface area contributed by atoms with Crippen LogP contribution in [0.3, 0.4) is 0 Å².